The molecule has 0 radical (unpaired) electrons. The first-order valence-corrected chi connectivity index (χ1v) is 6.95. The Balaban J connectivity index is 0.000000261. The van der Waals surface area contributed by atoms with Gasteiger partial charge in [-0.1, -0.05) is 10.4 Å². The third-order valence-electron chi connectivity index (χ3n) is 3.38. The minimum absolute atomic E-state index is 0. The molecule has 0 saturated carbocycles. The number of aromatic carboxylic acids is 2. The number of carbonyl (C=O) groups is 2. The summed E-state index contributed by atoms with van der Waals surface area (Å²) in [6.07, 6.45) is 0. The molecule has 2 aromatic heterocycles. The number of carbonyl (C=O) groups excluding carboxylic acids is 2. The summed E-state index contributed by atoms with van der Waals surface area (Å²) < 4.78 is 0. The van der Waals surface area contributed by atoms with Crippen LogP contribution in [-0.2, 0) is 0 Å². The Bertz CT molecular complexity index is 1050. The van der Waals surface area contributed by atoms with Crippen LogP contribution in [0.5, 0.6) is 0 Å². The Kier molecular flexibility index (Phi) is 8.35. The van der Waals surface area contributed by atoms with E-state index in [9.17, 15) is 30.2 Å². The van der Waals surface area contributed by atoms with Gasteiger partial charge >= 0.3 is 59.1 Å². The molecule has 4 aromatic rings. The fraction of sp³-hybridized carbons (Fsp3) is 0. The monoisotopic (exact) mass is 402 g/mol. The number of carboxylic acids is 2. The zero-order chi connectivity index (χ0) is 18.8. The van der Waals surface area contributed by atoms with Gasteiger partial charge in [0.1, 0.15) is 0 Å². The van der Waals surface area contributed by atoms with Gasteiger partial charge in [-0.05, 0) is 24.3 Å². The molecule has 0 spiro atoms. The Labute approximate surface area is 199 Å². The van der Waals surface area contributed by atoms with Gasteiger partial charge in [0.25, 0.3) is 0 Å². The van der Waals surface area contributed by atoms with Crippen LogP contribution in [0.15, 0.2) is 36.4 Å². The number of benzene rings is 2. The zero-order valence-electron chi connectivity index (χ0n) is 14.7. The quantitative estimate of drug-likeness (QED) is 0.187. The molecule has 0 aliphatic carbocycles. The van der Waals surface area contributed by atoms with E-state index in [-0.39, 0.29) is 70.2 Å². The molecule has 132 valence electrons. The minimum Gasteiger partial charge on any atom is -0.692 e. The molecule has 28 heavy (non-hydrogen) atoms. The van der Waals surface area contributed by atoms with Crippen LogP contribution in [-0.4, -0.2) is 32.6 Å². The molecule has 0 unspecified atom stereocenters. The van der Waals surface area contributed by atoms with E-state index in [4.69, 9.17) is 0 Å². The van der Waals surface area contributed by atoms with Crippen LogP contribution in [0.2, 0.25) is 0 Å². The van der Waals surface area contributed by atoms with Crippen molar-refractivity contribution in [2.75, 3.05) is 0 Å². The molecule has 0 saturated heterocycles. The number of aromatic amines is 2. The van der Waals surface area contributed by atoms with Gasteiger partial charge in [-0.15, -0.1) is 0 Å². The average molecular weight is 402 g/mol. The molecule has 2 aromatic carbocycles. The smallest absolute Gasteiger partial charge is 0.692 e. The number of nitrogens with one attached hydrogen (secondary N) is 2. The molecule has 0 fully saturated rings. The summed E-state index contributed by atoms with van der Waals surface area (Å²) in [5, 5.41) is 54.1. The third-order valence-corrected chi connectivity index (χ3v) is 3.38. The normalized spacial score (nSPS) is 9.71. The number of nitrogens with zero attached hydrogens (tertiary/aromatic N) is 4. The van der Waals surface area contributed by atoms with E-state index >= 15 is 0 Å². The number of aromatic nitrogens is 6. The summed E-state index contributed by atoms with van der Waals surface area (Å²) in [5.41, 5.74) is 1.20. The van der Waals surface area contributed by atoms with Gasteiger partial charge in [0, 0.05) is 33.5 Å². The minimum atomic E-state index is -1.29. The van der Waals surface area contributed by atoms with Gasteiger partial charge in [-0.2, -0.15) is 9.69 Å². The molecular formula is C14H8N6Na2O6. The second-order valence-electron chi connectivity index (χ2n) is 4.99. The molecule has 4 rings (SSSR count). The Morgan fingerprint density at radius 2 is 1.11 bits per heavy atom. The maximum absolute atomic E-state index is 10.9. The first-order valence-electron chi connectivity index (χ1n) is 6.95. The van der Waals surface area contributed by atoms with Gasteiger partial charge in [0.05, 0.1) is 11.9 Å². The summed E-state index contributed by atoms with van der Waals surface area (Å²) in [4.78, 5) is 21.7. The molecule has 0 aliphatic heterocycles. The number of hydrogen-bond donors (Lipinski definition) is 2. The Hall–Kier alpha value is -2.22. The summed E-state index contributed by atoms with van der Waals surface area (Å²) in [7, 11) is 0. The van der Waals surface area contributed by atoms with E-state index in [1.165, 1.54) is 36.4 Å². The fourth-order valence-electron chi connectivity index (χ4n) is 2.13. The van der Waals surface area contributed by atoms with Crippen molar-refractivity contribution in [1.82, 2.24) is 20.6 Å². The van der Waals surface area contributed by atoms with Crippen LogP contribution in [0.25, 0.3) is 22.1 Å². The first kappa shape index (κ1) is 23.8. The molecule has 0 amide bonds. The van der Waals surface area contributed by atoms with Crippen molar-refractivity contribution in [2.45, 2.75) is 0 Å². The van der Waals surface area contributed by atoms with Crippen LogP contribution in [0.4, 0.5) is 0 Å². The molecule has 0 aliphatic rings. The van der Waals surface area contributed by atoms with E-state index in [0.717, 1.165) is 0 Å². The number of carboxylic acid groups (broad SMARTS) is 2. The van der Waals surface area contributed by atoms with Gasteiger partial charge in [-0.25, -0.2) is 0 Å². The molecular weight excluding hydrogens is 394 g/mol. The van der Waals surface area contributed by atoms with Crippen LogP contribution in [0, 0.1) is 10.4 Å². The van der Waals surface area contributed by atoms with Crippen LogP contribution in [0.3, 0.4) is 0 Å². The number of fused-ring (bicyclic) bond motifs is 2. The van der Waals surface area contributed by atoms with Gasteiger partial charge in [-0.3, -0.25) is 0 Å². The van der Waals surface area contributed by atoms with Crippen molar-refractivity contribution < 1.29 is 88.6 Å². The van der Waals surface area contributed by atoms with Crippen LogP contribution in [0.1, 0.15) is 20.7 Å². The van der Waals surface area contributed by atoms with Crippen LogP contribution >= 0.6 is 0 Å². The molecule has 14 heteroatoms. The first-order chi connectivity index (χ1) is 12.4. The number of hydrogen-bond acceptors (Lipinski definition) is 8. The summed E-state index contributed by atoms with van der Waals surface area (Å²) >= 11 is 0. The maximum Gasteiger partial charge on any atom is 1.00 e. The maximum atomic E-state index is 10.9. The predicted octanol–water partition coefficient (Wildman–Crippen LogP) is -8.87. The van der Waals surface area contributed by atoms with E-state index in [1.807, 2.05) is 0 Å². The SMILES string of the molecule is O=C([O-])c1ccc2c(c1)n[nH][n+]2[O-].O=C([O-])c1ccc2c(c1)n[nH][n+]2[O-].[Na+].[Na+]. The average Bonchev–Trinajstić information content (AvgIpc) is 3.18. The third kappa shape index (κ3) is 4.98. The van der Waals surface area contributed by atoms with Crippen molar-refractivity contribution in [3.8, 4) is 0 Å². The van der Waals surface area contributed by atoms with E-state index in [2.05, 4.69) is 20.6 Å². The van der Waals surface area contributed by atoms with Crippen LogP contribution < -0.4 is 79.0 Å². The largest absolute Gasteiger partial charge is 1.00 e. The van der Waals surface area contributed by atoms with E-state index in [0.29, 0.717) is 31.8 Å². The van der Waals surface area contributed by atoms with Gasteiger partial charge in [0.15, 0.2) is 0 Å². The number of H-pyrrole nitrogens is 2. The second kappa shape index (κ2) is 9.82. The second-order valence-corrected chi connectivity index (χ2v) is 4.99. The molecule has 0 atom stereocenters. The van der Waals surface area contributed by atoms with E-state index in [1.54, 1.807) is 0 Å². The van der Waals surface area contributed by atoms with Crippen molar-refractivity contribution in [1.29, 1.82) is 0 Å². The van der Waals surface area contributed by atoms with Crippen molar-refractivity contribution in [3.63, 3.8) is 0 Å². The van der Waals surface area contributed by atoms with E-state index < -0.39 is 11.9 Å². The topological polar surface area (TPSA) is 191 Å². The molecule has 2 N–H and O–H groups in total. The molecule has 0 bridgehead atoms. The standard InChI is InChI=1S/2C7H5N3O3.2Na/c2*11-7(12)4-1-2-6-5(3-4)8-9-10(6)13;;/h2*1-3,9H,(H,11,12);;/q;;2*+1/p-2. The molecule has 12 nitrogen and oxygen atoms in total. The molecule has 2 heterocycles. The van der Waals surface area contributed by atoms with Crippen molar-refractivity contribution in [3.05, 3.63) is 57.9 Å². The summed E-state index contributed by atoms with van der Waals surface area (Å²) in [5.74, 6) is -2.58. The zero-order valence-corrected chi connectivity index (χ0v) is 18.7. The summed E-state index contributed by atoms with van der Waals surface area (Å²) in [6.45, 7) is 0. The Morgan fingerprint density at radius 3 is 1.43 bits per heavy atom. The summed E-state index contributed by atoms with van der Waals surface area (Å²) in [6, 6.07) is 7.88. The predicted molar refractivity (Wildman–Crippen MR) is 78.8 cm³/mol. The number of rotatable bonds is 2. The fourth-order valence-corrected chi connectivity index (χ4v) is 2.13. The van der Waals surface area contributed by atoms with Crippen molar-refractivity contribution >= 4 is 34.0 Å². The van der Waals surface area contributed by atoms with Gasteiger partial charge in [0.2, 0.25) is 22.1 Å². The van der Waals surface area contributed by atoms with Gasteiger partial charge < -0.3 is 30.2 Å². The van der Waals surface area contributed by atoms with Crippen molar-refractivity contribution in [2.24, 2.45) is 0 Å². The Morgan fingerprint density at radius 1 is 0.750 bits per heavy atom.